The van der Waals surface area contributed by atoms with Gasteiger partial charge >= 0.3 is 0 Å². The molecule has 2 aromatic heterocycles. The van der Waals surface area contributed by atoms with Crippen molar-refractivity contribution in [1.82, 2.24) is 25.7 Å². The highest BCUT2D eigenvalue weighted by Gasteiger charge is 2.20. The van der Waals surface area contributed by atoms with E-state index in [2.05, 4.69) is 25.7 Å². The van der Waals surface area contributed by atoms with Crippen LogP contribution in [0.25, 0.3) is 0 Å². The molecule has 0 spiro atoms. The van der Waals surface area contributed by atoms with Crippen LogP contribution in [0.15, 0.2) is 29.0 Å². The molecule has 3 heterocycles. The topological polar surface area (TPSA) is 100 Å². The molecule has 31 heavy (non-hydrogen) atoms. The second kappa shape index (κ2) is 11.6. The minimum atomic E-state index is -0.106. The van der Waals surface area contributed by atoms with E-state index in [0.29, 0.717) is 38.9 Å². The number of rotatable bonds is 6. The molecule has 0 saturated carbocycles. The zero-order valence-electron chi connectivity index (χ0n) is 18.5. The van der Waals surface area contributed by atoms with Crippen molar-refractivity contribution < 1.29 is 14.1 Å². The highest BCUT2D eigenvalue weighted by molar-refractivity contribution is 5.79. The van der Waals surface area contributed by atoms with E-state index < -0.39 is 0 Å². The van der Waals surface area contributed by atoms with Crippen LogP contribution in [-0.4, -0.2) is 53.0 Å². The Balaban J connectivity index is 1.53. The summed E-state index contributed by atoms with van der Waals surface area (Å²) in [5.41, 5.74) is 3.11. The van der Waals surface area contributed by atoms with Gasteiger partial charge in [-0.2, -0.15) is 0 Å². The number of nitrogens with zero attached hydrogens (tertiary/aromatic N) is 3. The average molecular weight is 428 g/mol. The SMILES string of the molecule is Cc1noc(C)c1CCNC(=O)C1CCCN(Cc2ccncc2)CCC(=O)NCC1. The molecule has 1 saturated heterocycles. The molecule has 8 nitrogen and oxygen atoms in total. The molecule has 0 radical (unpaired) electrons. The van der Waals surface area contributed by atoms with Crippen LogP contribution in [-0.2, 0) is 22.6 Å². The van der Waals surface area contributed by atoms with Gasteiger partial charge in [-0.05, 0) is 63.8 Å². The zero-order chi connectivity index (χ0) is 22.1. The monoisotopic (exact) mass is 427 g/mol. The van der Waals surface area contributed by atoms with E-state index in [1.165, 1.54) is 5.56 Å². The molecule has 3 rings (SSSR count). The van der Waals surface area contributed by atoms with Crippen LogP contribution in [0.1, 0.15) is 48.3 Å². The Hall–Kier alpha value is -2.74. The maximum absolute atomic E-state index is 12.8. The number of hydrogen-bond acceptors (Lipinski definition) is 6. The minimum absolute atomic E-state index is 0.0409. The molecule has 1 fully saturated rings. The van der Waals surface area contributed by atoms with E-state index in [4.69, 9.17) is 4.52 Å². The smallest absolute Gasteiger partial charge is 0.223 e. The molecule has 2 N–H and O–H groups in total. The Labute approximate surface area is 183 Å². The highest BCUT2D eigenvalue weighted by atomic mass is 16.5. The number of aryl methyl sites for hydroxylation is 2. The molecule has 8 heteroatoms. The van der Waals surface area contributed by atoms with Crippen LogP contribution < -0.4 is 10.6 Å². The van der Waals surface area contributed by atoms with Gasteiger partial charge in [-0.1, -0.05) is 5.16 Å². The lowest BCUT2D eigenvalue weighted by Gasteiger charge is -2.22. The summed E-state index contributed by atoms with van der Waals surface area (Å²) in [7, 11) is 0. The van der Waals surface area contributed by atoms with Crippen molar-refractivity contribution in [3.8, 4) is 0 Å². The van der Waals surface area contributed by atoms with Gasteiger partial charge in [0.25, 0.3) is 0 Å². The van der Waals surface area contributed by atoms with Crippen molar-refractivity contribution in [3.63, 3.8) is 0 Å². The van der Waals surface area contributed by atoms with Gasteiger partial charge in [-0.15, -0.1) is 0 Å². The lowest BCUT2D eigenvalue weighted by Crippen LogP contribution is -2.35. The van der Waals surface area contributed by atoms with E-state index in [1.807, 2.05) is 26.0 Å². The average Bonchev–Trinajstić information content (AvgIpc) is 3.06. The van der Waals surface area contributed by atoms with E-state index >= 15 is 0 Å². The number of carbonyl (C=O) groups is 2. The number of nitrogens with one attached hydrogen (secondary N) is 2. The predicted molar refractivity (Wildman–Crippen MR) is 117 cm³/mol. The Morgan fingerprint density at radius 3 is 2.81 bits per heavy atom. The lowest BCUT2D eigenvalue weighted by molar-refractivity contribution is -0.126. The molecular weight excluding hydrogens is 394 g/mol. The Morgan fingerprint density at radius 2 is 2.06 bits per heavy atom. The Bertz CT molecular complexity index is 833. The summed E-state index contributed by atoms with van der Waals surface area (Å²) < 4.78 is 5.19. The highest BCUT2D eigenvalue weighted by Crippen LogP contribution is 2.16. The largest absolute Gasteiger partial charge is 0.361 e. The molecule has 1 unspecified atom stereocenters. The molecule has 0 bridgehead atoms. The summed E-state index contributed by atoms with van der Waals surface area (Å²) in [6.07, 6.45) is 7.14. The number of aromatic nitrogens is 2. The molecule has 168 valence electrons. The number of pyridine rings is 1. The fraction of sp³-hybridized carbons (Fsp3) is 0.565. The molecular formula is C23H33N5O3. The lowest BCUT2D eigenvalue weighted by atomic mass is 9.97. The quantitative estimate of drug-likeness (QED) is 0.733. The van der Waals surface area contributed by atoms with Crippen LogP contribution in [0.2, 0.25) is 0 Å². The Morgan fingerprint density at radius 1 is 1.26 bits per heavy atom. The van der Waals surface area contributed by atoms with Gasteiger partial charge in [0.2, 0.25) is 11.8 Å². The maximum Gasteiger partial charge on any atom is 0.223 e. The minimum Gasteiger partial charge on any atom is -0.361 e. The first-order chi connectivity index (χ1) is 15.0. The van der Waals surface area contributed by atoms with Crippen LogP contribution in [0.4, 0.5) is 0 Å². The van der Waals surface area contributed by atoms with E-state index in [9.17, 15) is 9.59 Å². The summed E-state index contributed by atoms with van der Waals surface area (Å²) in [5.74, 6) is 0.796. The van der Waals surface area contributed by atoms with Gasteiger partial charge in [-0.25, -0.2) is 0 Å². The fourth-order valence-electron chi connectivity index (χ4n) is 4.03. The third kappa shape index (κ3) is 7.17. The third-order valence-corrected chi connectivity index (χ3v) is 5.88. The molecule has 2 amide bonds. The van der Waals surface area contributed by atoms with Crippen molar-refractivity contribution in [2.45, 2.75) is 52.5 Å². The van der Waals surface area contributed by atoms with Gasteiger partial charge < -0.3 is 15.2 Å². The zero-order valence-corrected chi connectivity index (χ0v) is 18.5. The summed E-state index contributed by atoms with van der Waals surface area (Å²) in [6.45, 7) is 7.25. The van der Waals surface area contributed by atoms with Gasteiger partial charge in [0.1, 0.15) is 5.76 Å². The van der Waals surface area contributed by atoms with Crippen LogP contribution in [0, 0.1) is 19.8 Å². The van der Waals surface area contributed by atoms with Crippen molar-refractivity contribution >= 4 is 11.8 Å². The summed E-state index contributed by atoms with van der Waals surface area (Å²) in [5, 5.41) is 9.99. The van der Waals surface area contributed by atoms with E-state index in [-0.39, 0.29) is 17.7 Å². The third-order valence-electron chi connectivity index (χ3n) is 5.88. The first kappa shape index (κ1) is 22.9. The van der Waals surface area contributed by atoms with Crippen molar-refractivity contribution in [2.75, 3.05) is 26.2 Å². The van der Waals surface area contributed by atoms with E-state index in [1.54, 1.807) is 12.4 Å². The summed E-state index contributed by atoms with van der Waals surface area (Å²) >= 11 is 0. The number of amides is 2. The Kier molecular flexibility index (Phi) is 8.58. The second-order valence-corrected chi connectivity index (χ2v) is 8.20. The first-order valence-electron chi connectivity index (χ1n) is 11.1. The number of hydrogen-bond donors (Lipinski definition) is 2. The van der Waals surface area contributed by atoms with Crippen LogP contribution in [0.3, 0.4) is 0 Å². The van der Waals surface area contributed by atoms with Crippen LogP contribution in [0.5, 0.6) is 0 Å². The summed E-state index contributed by atoms with van der Waals surface area (Å²) in [6, 6.07) is 4.00. The molecule has 0 aliphatic carbocycles. The van der Waals surface area contributed by atoms with Gasteiger partial charge in [0, 0.05) is 56.5 Å². The molecule has 1 aliphatic heterocycles. The molecule has 2 aromatic rings. The normalized spacial score (nSPS) is 18.8. The predicted octanol–water partition coefficient (Wildman–Crippen LogP) is 2.15. The van der Waals surface area contributed by atoms with Crippen molar-refractivity contribution in [2.24, 2.45) is 5.92 Å². The van der Waals surface area contributed by atoms with Gasteiger partial charge in [-0.3, -0.25) is 19.5 Å². The first-order valence-corrected chi connectivity index (χ1v) is 11.1. The molecule has 0 aromatic carbocycles. The molecule has 1 aliphatic rings. The van der Waals surface area contributed by atoms with Gasteiger partial charge in [0.05, 0.1) is 5.69 Å². The fourth-order valence-corrected chi connectivity index (χ4v) is 4.03. The van der Waals surface area contributed by atoms with Gasteiger partial charge in [0.15, 0.2) is 0 Å². The van der Waals surface area contributed by atoms with E-state index in [0.717, 1.165) is 42.9 Å². The standard InChI is InChI=1S/C23H33N5O3/c1-17-21(18(2)31-27-17)8-13-26-23(30)20-4-3-14-28(15-9-22(29)25-12-7-20)16-19-5-10-24-11-6-19/h5-6,10-11,20H,3-4,7-9,12-16H2,1-2H3,(H,25,29)(H,26,30). The maximum atomic E-state index is 12.8. The van der Waals surface area contributed by atoms with Crippen molar-refractivity contribution in [3.05, 3.63) is 47.1 Å². The number of carbonyl (C=O) groups excluding carboxylic acids is 2. The molecule has 1 atom stereocenters. The van der Waals surface area contributed by atoms with Crippen LogP contribution >= 0.6 is 0 Å². The van der Waals surface area contributed by atoms with Crippen molar-refractivity contribution in [1.29, 1.82) is 0 Å². The second-order valence-electron chi connectivity index (χ2n) is 8.20. The summed E-state index contributed by atoms with van der Waals surface area (Å²) in [4.78, 5) is 31.4.